The molecular weight excluding hydrogens is 563 g/mol. The summed E-state index contributed by atoms with van der Waals surface area (Å²) in [4.78, 5) is 0. The number of hydrogen-bond acceptors (Lipinski definition) is 4. The molecular formula is C39H81O4P. The minimum Gasteiger partial charge on any atom is -0.284 e. The lowest BCUT2D eigenvalue weighted by Crippen LogP contribution is -2.22. The molecule has 0 aromatic rings. The maximum atomic E-state index is 14.9. The first-order valence-electron chi connectivity index (χ1n) is 19.7. The summed E-state index contributed by atoms with van der Waals surface area (Å²) in [7, 11) is -3.75. The molecule has 3 atom stereocenters. The number of phosphoric ester groups is 1. The predicted octanol–water partition coefficient (Wildman–Crippen LogP) is 14.6. The molecule has 0 fully saturated rings. The minimum absolute atomic E-state index is 0.0736. The molecule has 5 heteroatoms. The van der Waals surface area contributed by atoms with Gasteiger partial charge in [0.1, 0.15) is 0 Å². The highest BCUT2D eigenvalue weighted by Gasteiger charge is 2.36. The molecule has 0 aromatic carbocycles. The summed E-state index contributed by atoms with van der Waals surface area (Å²) >= 11 is 0. The molecule has 0 rings (SSSR count). The number of rotatable bonds is 33. The SMILES string of the molecule is CCCCCCCC(CCC(C)C)OP(=O)(OC(CCCCCCC)CCC(C)C)OC(CCCCCCC)CCC(C)C. The molecule has 0 amide bonds. The van der Waals surface area contributed by atoms with Crippen LogP contribution in [0.25, 0.3) is 0 Å². The molecule has 0 aliphatic heterocycles. The lowest BCUT2D eigenvalue weighted by Gasteiger charge is -2.31. The Hall–Kier alpha value is 0.110. The van der Waals surface area contributed by atoms with Crippen LogP contribution in [0.15, 0.2) is 0 Å². The van der Waals surface area contributed by atoms with Crippen molar-refractivity contribution < 1.29 is 18.1 Å². The van der Waals surface area contributed by atoms with E-state index in [1.807, 2.05) is 0 Å². The third-order valence-corrected chi connectivity index (χ3v) is 10.6. The maximum absolute atomic E-state index is 14.9. The van der Waals surface area contributed by atoms with Crippen LogP contribution in [0.4, 0.5) is 0 Å². The lowest BCUT2D eigenvalue weighted by molar-refractivity contribution is 0.0139. The fraction of sp³-hybridized carbons (Fsp3) is 1.00. The normalized spacial score (nSPS) is 15.7. The topological polar surface area (TPSA) is 44.8 Å². The van der Waals surface area contributed by atoms with E-state index in [1.165, 1.54) is 77.0 Å². The van der Waals surface area contributed by atoms with Gasteiger partial charge in [0.25, 0.3) is 0 Å². The Morgan fingerprint density at radius 2 is 0.614 bits per heavy atom. The summed E-state index contributed by atoms with van der Waals surface area (Å²) in [6.07, 6.45) is 27.0. The monoisotopic (exact) mass is 645 g/mol. The second kappa shape index (κ2) is 29.3. The van der Waals surface area contributed by atoms with Gasteiger partial charge >= 0.3 is 7.82 Å². The van der Waals surface area contributed by atoms with Crippen molar-refractivity contribution in [3.05, 3.63) is 0 Å². The smallest absolute Gasteiger partial charge is 0.284 e. The lowest BCUT2D eigenvalue weighted by atomic mass is 10.0. The zero-order chi connectivity index (χ0) is 33.1. The maximum Gasteiger partial charge on any atom is 0.475 e. The van der Waals surface area contributed by atoms with Crippen LogP contribution < -0.4 is 0 Å². The van der Waals surface area contributed by atoms with E-state index in [0.29, 0.717) is 17.8 Å². The summed E-state index contributed by atoms with van der Waals surface area (Å²) < 4.78 is 34.9. The third-order valence-electron chi connectivity index (χ3n) is 8.92. The molecule has 0 heterocycles. The fourth-order valence-electron chi connectivity index (χ4n) is 5.86. The van der Waals surface area contributed by atoms with Crippen LogP contribution in [0.1, 0.15) is 216 Å². The van der Waals surface area contributed by atoms with Crippen LogP contribution >= 0.6 is 7.82 Å². The van der Waals surface area contributed by atoms with Crippen molar-refractivity contribution in [1.82, 2.24) is 0 Å². The van der Waals surface area contributed by atoms with Crippen molar-refractivity contribution in [3.63, 3.8) is 0 Å². The van der Waals surface area contributed by atoms with E-state index in [1.54, 1.807) is 0 Å². The highest BCUT2D eigenvalue weighted by Crippen LogP contribution is 2.55. The molecule has 4 nitrogen and oxygen atoms in total. The van der Waals surface area contributed by atoms with Gasteiger partial charge in [0.05, 0.1) is 18.3 Å². The van der Waals surface area contributed by atoms with Gasteiger partial charge < -0.3 is 0 Å². The second-order valence-electron chi connectivity index (χ2n) is 15.2. The summed E-state index contributed by atoms with van der Waals surface area (Å²) in [5.74, 6) is 1.77. The molecule has 0 aliphatic carbocycles. The van der Waals surface area contributed by atoms with E-state index in [4.69, 9.17) is 13.6 Å². The highest BCUT2D eigenvalue weighted by molar-refractivity contribution is 7.48. The van der Waals surface area contributed by atoms with Crippen LogP contribution in [0.5, 0.6) is 0 Å². The Morgan fingerprint density at radius 3 is 0.841 bits per heavy atom. The molecule has 0 aliphatic rings. The molecule has 0 aromatic heterocycles. The van der Waals surface area contributed by atoms with Crippen molar-refractivity contribution in [3.8, 4) is 0 Å². The number of hydrogen-bond donors (Lipinski definition) is 0. The minimum atomic E-state index is -3.75. The standard InChI is InChI=1S/C39H81O4P/c1-10-13-16-19-22-25-37(31-28-34(4)5)41-44(40,42-38(32-29-35(6)7)26-23-20-17-14-11-2)43-39(33-30-36(8)9)27-24-21-18-15-12-3/h34-39H,10-33H2,1-9H3. The van der Waals surface area contributed by atoms with Gasteiger partial charge in [-0.1, -0.05) is 159 Å². The quantitative estimate of drug-likeness (QED) is 0.0527. The number of unbranched alkanes of at least 4 members (excludes halogenated alkanes) is 12. The summed E-state index contributed by atoms with van der Waals surface area (Å²) in [6, 6.07) is 0. The van der Waals surface area contributed by atoms with Gasteiger partial charge in [-0.2, -0.15) is 0 Å². The molecule has 0 bridgehead atoms. The van der Waals surface area contributed by atoms with Gasteiger partial charge in [-0.15, -0.1) is 0 Å². The van der Waals surface area contributed by atoms with E-state index in [9.17, 15) is 4.57 Å². The van der Waals surface area contributed by atoms with Gasteiger partial charge in [-0.25, -0.2) is 4.57 Å². The van der Waals surface area contributed by atoms with Crippen LogP contribution in [0.2, 0.25) is 0 Å². The van der Waals surface area contributed by atoms with Gasteiger partial charge in [0.15, 0.2) is 0 Å². The van der Waals surface area contributed by atoms with Crippen molar-refractivity contribution in [2.45, 2.75) is 235 Å². The van der Waals surface area contributed by atoms with Crippen LogP contribution in [0.3, 0.4) is 0 Å². The summed E-state index contributed by atoms with van der Waals surface area (Å²) in [5, 5.41) is 0. The largest absolute Gasteiger partial charge is 0.475 e. The Morgan fingerprint density at radius 1 is 0.364 bits per heavy atom. The third kappa shape index (κ3) is 27.2. The van der Waals surface area contributed by atoms with E-state index < -0.39 is 7.82 Å². The molecule has 0 N–H and O–H groups in total. The van der Waals surface area contributed by atoms with Gasteiger partial charge in [-0.3, -0.25) is 13.6 Å². The average molecular weight is 645 g/mol. The van der Waals surface area contributed by atoms with E-state index in [2.05, 4.69) is 62.3 Å². The Bertz CT molecular complexity index is 564. The van der Waals surface area contributed by atoms with Crippen molar-refractivity contribution >= 4 is 7.82 Å². The van der Waals surface area contributed by atoms with Crippen LogP contribution in [-0.4, -0.2) is 18.3 Å². The van der Waals surface area contributed by atoms with Crippen molar-refractivity contribution in [2.24, 2.45) is 17.8 Å². The summed E-state index contributed by atoms with van der Waals surface area (Å²) in [6.45, 7) is 20.4. The molecule has 3 unspecified atom stereocenters. The van der Waals surface area contributed by atoms with Gasteiger partial charge in [0.2, 0.25) is 0 Å². The molecule has 266 valence electrons. The van der Waals surface area contributed by atoms with Gasteiger partial charge in [0, 0.05) is 0 Å². The first kappa shape index (κ1) is 44.1. The number of phosphoric acid groups is 1. The van der Waals surface area contributed by atoms with Crippen molar-refractivity contribution in [2.75, 3.05) is 0 Å². The zero-order valence-electron chi connectivity index (χ0n) is 31.5. The molecule has 0 spiro atoms. The molecule has 0 saturated carbocycles. The first-order chi connectivity index (χ1) is 21.0. The van der Waals surface area contributed by atoms with E-state index in [-0.39, 0.29) is 18.3 Å². The predicted molar refractivity (Wildman–Crippen MR) is 195 cm³/mol. The average Bonchev–Trinajstić information content (AvgIpc) is 2.96. The molecule has 0 saturated heterocycles. The second-order valence-corrected chi connectivity index (χ2v) is 16.7. The highest BCUT2D eigenvalue weighted by atomic mass is 31.2. The van der Waals surface area contributed by atoms with Crippen molar-refractivity contribution in [1.29, 1.82) is 0 Å². The Labute approximate surface area is 277 Å². The summed E-state index contributed by atoms with van der Waals surface area (Å²) in [5.41, 5.74) is 0. The zero-order valence-corrected chi connectivity index (χ0v) is 32.4. The Balaban J connectivity index is 6.00. The molecule has 44 heavy (non-hydrogen) atoms. The van der Waals surface area contributed by atoms with Gasteiger partial charge in [-0.05, 0) is 75.5 Å². The van der Waals surface area contributed by atoms with E-state index in [0.717, 1.165) is 77.0 Å². The van der Waals surface area contributed by atoms with Crippen LogP contribution in [-0.2, 0) is 18.1 Å². The van der Waals surface area contributed by atoms with E-state index >= 15 is 0 Å². The Kier molecular flexibility index (Phi) is 29.3. The first-order valence-corrected chi connectivity index (χ1v) is 21.2. The van der Waals surface area contributed by atoms with Crippen LogP contribution in [0, 0.1) is 17.8 Å². The molecule has 0 radical (unpaired) electrons. The fourth-order valence-corrected chi connectivity index (χ4v) is 7.73.